The summed E-state index contributed by atoms with van der Waals surface area (Å²) in [5.41, 5.74) is 0. The second kappa shape index (κ2) is 7.73. The number of carbonyl (C=O) groups excluding carboxylic acids is 1. The third-order valence-electron chi connectivity index (χ3n) is 5.20. The molecule has 0 radical (unpaired) electrons. The lowest BCUT2D eigenvalue weighted by Crippen LogP contribution is -2.50. The van der Waals surface area contributed by atoms with Crippen LogP contribution in [0.2, 0.25) is 0 Å². The van der Waals surface area contributed by atoms with Crippen LogP contribution in [0.3, 0.4) is 0 Å². The van der Waals surface area contributed by atoms with Gasteiger partial charge >= 0.3 is 0 Å². The Morgan fingerprint density at radius 2 is 1.76 bits per heavy atom. The summed E-state index contributed by atoms with van der Waals surface area (Å²) in [7, 11) is -1.34. The van der Waals surface area contributed by atoms with Crippen molar-refractivity contribution in [1.82, 2.24) is 14.1 Å². The second-order valence-electron chi connectivity index (χ2n) is 6.88. The van der Waals surface area contributed by atoms with Crippen molar-refractivity contribution < 1.29 is 13.2 Å². The van der Waals surface area contributed by atoms with Crippen molar-refractivity contribution in [3.05, 3.63) is 17.0 Å². The van der Waals surface area contributed by atoms with Crippen LogP contribution in [-0.4, -0.2) is 74.7 Å². The van der Waals surface area contributed by atoms with E-state index in [1.165, 1.54) is 11.3 Å². The molecule has 3 heterocycles. The van der Waals surface area contributed by atoms with E-state index in [0.29, 0.717) is 30.1 Å². The van der Waals surface area contributed by atoms with Gasteiger partial charge in [0.05, 0.1) is 0 Å². The van der Waals surface area contributed by atoms with E-state index < -0.39 is 10.0 Å². The molecule has 2 fully saturated rings. The fourth-order valence-electron chi connectivity index (χ4n) is 3.44. The van der Waals surface area contributed by atoms with E-state index in [4.69, 9.17) is 0 Å². The molecule has 3 rings (SSSR count). The van der Waals surface area contributed by atoms with Crippen molar-refractivity contribution in [2.45, 2.75) is 30.4 Å². The highest BCUT2D eigenvalue weighted by Crippen LogP contribution is 2.29. The maximum absolute atomic E-state index is 12.8. The number of thiophene rings is 1. The highest BCUT2D eigenvalue weighted by atomic mass is 32.2. The van der Waals surface area contributed by atoms with Crippen LogP contribution in [0.4, 0.5) is 0 Å². The lowest BCUT2D eigenvalue weighted by molar-refractivity contribution is -0.138. The fourth-order valence-corrected chi connectivity index (χ4v) is 6.36. The lowest BCUT2D eigenvalue weighted by atomic mass is 9.96. The summed E-state index contributed by atoms with van der Waals surface area (Å²) < 4.78 is 27.5. The van der Waals surface area contributed by atoms with Gasteiger partial charge in [-0.3, -0.25) is 4.79 Å². The molecule has 140 valence electrons. The SMILES string of the molecule is CCc1ccc(S(=O)(=O)N2CCC(C(=O)N3CCN(C)CC3)CC2)s1. The topological polar surface area (TPSA) is 60.9 Å². The van der Waals surface area contributed by atoms with Gasteiger partial charge in [0.1, 0.15) is 4.21 Å². The smallest absolute Gasteiger partial charge is 0.252 e. The van der Waals surface area contributed by atoms with E-state index >= 15 is 0 Å². The van der Waals surface area contributed by atoms with Crippen molar-refractivity contribution in [2.24, 2.45) is 5.92 Å². The van der Waals surface area contributed by atoms with Gasteiger partial charge in [0, 0.05) is 50.1 Å². The lowest BCUT2D eigenvalue weighted by Gasteiger charge is -2.37. The number of amides is 1. The van der Waals surface area contributed by atoms with Crippen molar-refractivity contribution in [3.8, 4) is 0 Å². The van der Waals surface area contributed by atoms with Crippen LogP contribution in [0.5, 0.6) is 0 Å². The number of hydrogen-bond donors (Lipinski definition) is 0. The average molecular weight is 386 g/mol. The first-order valence-corrected chi connectivity index (χ1v) is 11.2. The Labute approximate surface area is 154 Å². The summed E-state index contributed by atoms with van der Waals surface area (Å²) in [6.45, 7) is 6.29. The van der Waals surface area contributed by atoms with E-state index in [2.05, 4.69) is 11.9 Å². The third-order valence-corrected chi connectivity index (χ3v) is 8.79. The summed E-state index contributed by atoms with van der Waals surface area (Å²) in [5.74, 6) is 0.166. The maximum Gasteiger partial charge on any atom is 0.252 e. The Bertz CT molecular complexity index is 700. The molecule has 0 aliphatic carbocycles. The van der Waals surface area contributed by atoms with E-state index in [1.54, 1.807) is 10.4 Å². The number of hydrogen-bond acceptors (Lipinski definition) is 5. The number of aryl methyl sites for hydroxylation is 1. The Hall–Kier alpha value is -0.960. The van der Waals surface area contributed by atoms with Gasteiger partial charge in [-0.2, -0.15) is 4.31 Å². The highest BCUT2D eigenvalue weighted by molar-refractivity contribution is 7.91. The molecule has 0 saturated carbocycles. The zero-order valence-electron chi connectivity index (χ0n) is 15.0. The number of piperazine rings is 1. The summed E-state index contributed by atoms with van der Waals surface area (Å²) in [6, 6.07) is 3.60. The molecule has 1 amide bonds. The zero-order chi connectivity index (χ0) is 18.0. The summed E-state index contributed by atoms with van der Waals surface area (Å²) in [6.07, 6.45) is 2.09. The molecular weight excluding hydrogens is 358 g/mol. The van der Waals surface area contributed by atoms with E-state index in [-0.39, 0.29) is 11.8 Å². The normalized spacial score (nSPS) is 21.6. The van der Waals surface area contributed by atoms with Crippen molar-refractivity contribution in [3.63, 3.8) is 0 Å². The molecule has 0 unspecified atom stereocenters. The molecule has 0 spiro atoms. The Balaban J connectivity index is 1.58. The Morgan fingerprint density at radius 3 is 2.32 bits per heavy atom. The van der Waals surface area contributed by atoms with Crippen LogP contribution in [0.1, 0.15) is 24.6 Å². The quantitative estimate of drug-likeness (QED) is 0.788. The Kier molecular flexibility index (Phi) is 5.82. The van der Waals surface area contributed by atoms with Crippen LogP contribution >= 0.6 is 11.3 Å². The number of rotatable bonds is 4. The van der Waals surface area contributed by atoms with Gasteiger partial charge in [0.15, 0.2) is 0 Å². The molecule has 6 nitrogen and oxygen atoms in total. The van der Waals surface area contributed by atoms with Gasteiger partial charge in [-0.15, -0.1) is 11.3 Å². The number of nitrogens with zero attached hydrogens (tertiary/aromatic N) is 3. The summed E-state index contributed by atoms with van der Waals surface area (Å²) in [5, 5.41) is 0. The number of piperidine rings is 1. The third kappa shape index (κ3) is 4.07. The molecule has 1 aromatic heterocycles. The minimum absolute atomic E-state index is 0.0376. The predicted octanol–water partition coefficient (Wildman–Crippen LogP) is 1.49. The number of likely N-dealkylation sites (N-methyl/N-ethyl adjacent to an activating group) is 1. The molecule has 2 saturated heterocycles. The highest BCUT2D eigenvalue weighted by Gasteiger charge is 2.34. The molecule has 2 aliphatic rings. The molecule has 0 atom stereocenters. The van der Waals surface area contributed by atoms with E-state index in [1.807, 2.05) is 17.9 Å². The minimum atomic E-state index is -3.41. The van der Waals surface area contributed by atoms with Crippen molar-refractivity contribution in [2.75, 3.05) is 46.3 Å². The average Bonchev–Trinajstić information content (AvgIpc) is 3.12. The first-order chi connectivity index (χ1) is 11.9. The first-order valence-electron chi connectivity index (χ1n) is 8.98. The molecule has 0 aromatic carbocycles. The van der Waals surface area contributed by atoms with Gasteiger partial charge in [0.25, 0.3) is 10.0 Å². The second-order valence-corrected chi connectivity index (χ2v) is 10.2. The molecule has 0 N–H and O–H groups in total. The van der Waals surface area contributed by atoms with Crippen LogP contribution in [0.15, 0.2) is 16.3 Å². The molecule has 8 heteroatoms. The van der Waals surface area contributed by atoms with Gasteiger partial charge in [-0.25, -0.2) is 8.42 Å². The predicted molar refractivity (Wildman–Crippen MR) is 99.3 cm³/mol. The Morgan fingerprint density at radius 1 is 1.12 bits per heavy atom. The van der Waals surface area contributed by atoms with Crippen LogP contribution in [-0.2, 0) is 21.2 Å². The summed E-state index contributed by atoms with van der Waals surface area (Å²) >= 11 is 1.35. The fraction of sp³-hybridized carbons (Fsp3) is 0.706. The van der Waals surface area contributed by atoms with Crippen LogP contribution in [0, 0.1) is 5.92 Å². The van der Waals surface area contributed by atoms with Gasteiger partial charge in [-0.1, -0.05) is 6.92 Å². The molecule has 2 aliphatic heterocycles. The zero-order valence-corrected chi connectivity index (χ0v) is 16.6. The van der Waals surface area contributed by atoms with Gasteiger partial charge in [0.2, 0.25) is 5.91 Å². The van der Waals surface area contributed by atoms with Crippen molar-refractivity contribution >= 4 is 27.3 Å². The number of sulfonamides is 1. The minimum Gasteiger partial charge on any atom is -0.340 e. The molecular formula is C17H27N3O3S2. The molecule has 0 bridgehead atoms. The van der Waals surface area contributed by atoms with E-state index in [0.717, 1.165) is 37.5 Å². The van der Waals surface area contributed by atoms with Gasteiger partial charge in [-0.05, 0) is 38.4 Å². The monoisotopic (exact) mass is 385 g/mol. The van der Waals surface area contributed by atoms with E-state index in [9.17, 15) is 13.2 Å². The van der Waals surface area contributed by atoms with Crippen LogP contribution < -0.4 is 0 Å². The molecule has 25 heavy (non-hydrogen) atoms. The summed E-state index contributed by atoms with van der Waals surface area (Å²) in [4.78, 5) is 17.9. The first kappa shape index (κ1) is 18.8. The van der Waals surface area contributed by atoms with Crippen LogP contribution in [0.25, 0.3) is 0 Å². The maximum atomic E-state index is 12.8. The molecule has 1 aromatic rings. The number of carbonyl (C=O) groups is 1. The standard InChI is InChI=1S/C17H27N3O3S2/c1-3-15-4-5-16(24-15)25(22,23)20-8-6-14(7-9-20)17(21)19-12-10-18(2)11-13-19/h4-5,14H,3,6-13H2,1-2H3. The largest absolute Gasteiger partial charge is 0.340 e. The van der Waals surface area contributed by atoms with Gasteiger partial charge < -0.3 is 9.80 Å². The van der Waals surface area contributed by atoms with Crippen molar-refractivity contribution in [1.29, 1.82) is 0 Å².